The van der Waals surface area contributed by atoms with Gasteiger partial charge in [0.1, 0.15) is 11.5 Å². The average molecular weight is 255 g/mol. The van der Waals surface area contributed by atoms with Gasteiger partial charge in [-0.15, -0.1) is 0 Å². The van der Waals surface area contributed by atoms with Crippen molar-refractivity contribution >= 4 is 5.91 Å². The van der Waals surface area contributed by atoms with Gasteiger partial charge in [0, 0.05) is 12.4 Å². The molecule has 2 N–H and O–H groups in total. The fraction of sp³-hybridized carbons (Fsp3) is 0.214. The number of primary amides is 1. The van der Waals surface area contributed by atoms with Crippen LogP contribution in [-0.2, 0) is 9.53 Å². The van der Waals surface area contributed by atoms with Crippen LogP contribution < -0.4 is 5.73 Å². The lowest BCUT2D eigenvalue weighted by atomic mass is 9.83. The fourth-order valence-electron chi connectivity index (χ4n) is 2.23. The molecule has 2 rings (SSSR count). The molecule has 0 fully saturated rings. The Balaban J connectivity index is 2.65. The summed E-state index contributed by atoms with van der Waals surface area (Å²) in [6.45, 7) is 3.37. The molecular formula is C14H13N3O2. The minimum Gasteiger partial charge on any atom is -0.465 e. The van der Waals surface area contributed by atoms with Gasteiger partial charge < -0.3 is 10.5 Å². The number of carbonyl (C=O) groups excluding carboxylic acids is 1. The number of allylic oxidation sites excluding steroid dienone is 3. The van der Waals surface area contributed by atoms with Crippen molar-refractivity contribution in [1.82, 2.24) is 4.98 Å². The number of hydrogen-bond acceptors (Lipinski definition) is 4. The summed E-state index contributed by atoms with van der Waals surface area (Å²) >= 11 is 0. The second-order valence-corrected chi connectivity index (χ2v) is 4.24. The average Bonchev–Trinajstić information content (AvgIpc) is 2.38. The van der Waals surface area contributed by atoms with Crippen LogP contribution in [0.4, 0.5) is 0 Å². The van der Waals surface area contributed by atoms with E-state index in [1.54, 1.807) is 32.3 Å². The third kappa shape index (κ3) is 2.20. The Morgan fingerprint density at radius 2 is 2.21 bits per heavy atom. The van der Waals surface area contributed by atoms with Gasteiger partial charge in [0.15, 0.2) is 0 Å². The number of carbonyl (C=O) groups is 1. The van der Waals surface area contributed by atoms with E-state index < -0.39 is 11.8 Å². The summed E-state index contributed by atoms with van der Waals surface area (Å²) in [5.74, 6) is -0.187. The zero-order valence-corrected chi connectivity index (χ0v) is 10.7. The van der Waals surface area contributed by atoms with E-state index in [-0.39, 0.29) is 0 Å². The van der Waals surface area contributed by atoms with Gasteiger partial charge in [-0.3, -0.25) is 9.78 Å². The Bertz CT molecular complexity index is 624. The number of pyridine rings is 1. The monoisotopic (exact) mass is 255 g/mol. The number of nitriles is 1. The van der Waals surface area contributed by atoms with Crippen LogP contribution in [0, 0.1) is 11.3 Å². The minimum atomic E-state index is -0.591. The maximum Gasteiger partial charge on any atom is 0.249 e. The normalized spacial score (nSPS) is 18.9. The van der Waals surface area contributed by atoms with E-state index in [2.05, 4.69) is 11.1 Å². The van der Waals surface area contributed by atoms with Gasteiger partial charge in [-0.2, -0.15) is 5.26 Å². The summed E-state index contributed by atoms with van der Waals surface area (Å²) < 4.78 is 5.43. The molecule has 0 bridgehead atoms. The molecule has 2 heterocycles. The van der Waals surface area contributed by atoms with Gasteiger partial charge in [-0.1, -0.05) is 6.07 Å². The van der Waals surface area contributed by atoms with Crippen molar-refractivity contribution in [3.8, 4) is 6.07 Å². The molecule has 1 aromatic rings. The van der Waals surface area contributed by atoms with Crippen LogP contribution in [0.5, 0.6) is 0 Å². The summed E-state index contributed by atoms with van der Waals surface area (Å²) in [6, 6.07) is 5.65. The summed E-state index contributed by atoms with van der Waals surface area (Å²) in [5.41, 5.74) is 6.85. The van der Waals surface area contributed by atoms with Crippen molar-refractivity contribution in [2.75, 3.05) is 0 Å². The van der Waals surface area contributed by atoms with Crippen molar-refractivity contribution in [3.05, 3.63) is 52.8 Å². The van der Waals surface area contributed by atoms with Crippen LogP contribution in [0.2, 0.25) is 0 Å². The summed E-state index contributed by atoms with van der Waals surface area (Å²) in [6.07, 6.45) is 3.25. The first-order chi connectivity index (χ1) is 9.06. The van der Waals surface area contributed by atoms with Crippen LogP contribution in [0.25, 0.3) is 0 Å². The zero-order valence-electron chi connectivity index (χ0n) is 10.7. The lowest BCUT2D eigenvalue weighted by Gasteiger charge is -2.26. The SMILES string of the molecule is CC1=C(C#N)C(c2cccnc2)C(C(N)=O)=C(C)O1. The molecule has 0 saturated carbocycles. The first-order valence-corrected chi connectivity index (χ1v) is 5.75. The maximum absolute atomic E-state index is 11.6. The summed E-state index contributed by atoms with van der Waals surface area (Å²) in [4.78, 5) is 15.7. The Morgan fingerprint density at radius 3 is 2.74 bits per heavy atom. The van der Waals surface area contributed by atoms with E-state index in [0.717, 1.165) is 5.56 Å². The quantitative estimate of drug-likeness (QED) is 0.871. The van der Waals surface area contributed by atoms with Crippen LogP contribution in [-0.4, -0.2) is 10.9 Å². The van der Waals surface area contributed by atoms with Crippen LogP contribution >= 0.6 is 0 Å². The van der Waals surface area contributed by atoms with E-state index in [4.69, 9.17) is 10.5 Å². The van der Waals surface area contributed by atoms with E-state index in [9.17, 15) is 10.1 Å². The second-order valence-electron chi connectivity index (χ2n) is 4.24. The number of ether oxygens (including phenoxy) is 1. The van der Waals surface area contributed by atoms with Crippen molar-refractivity contribution in [3.63, 3.8) is 0 Å². The van der Waals surface area contributed by atoms with Gasteiger partial charge >= 0.3 is 0 Å². The molecule has 96 valence electrons. The predicted octanol–water partition coefficient (Wildman–Crippen LogP) is 1.75. The first kappa shape index (κ1) is 12.8. The van der Waals surface area contributed by atoms with E-state index in [1.165, 1.54) is 0 Å². The fourth-order valence-corrected chi connectivity index (χ4v) is 2.23. The molecule has 5 nitrogen and oxygen atoms in total. The van der Waals surface area contributed by atoms with Crippen molar-refractivity contribution < 1.29 is 9.53 Å². The van der Waals surface area contributed by atoms with Gasteiger partial charge in [0.05, 0.1) is 23.1 Å². The predicted molar refractivity (Wildman–Crippen MR) is 68.3 cm³/mol. The smallest absolute Gasteiger partial charge is 0.249 e. The molecule has 5 heteroatoms. The molecule has 1 aromatic heterocycles. The van der Waals surface area contributed by atoms with E-state index in [0.29, 0.717) is 22.7 Å². The Morgan fingerprint density at radius 1 is 1.47 bits per heavy atom. The molecule has 0 spiro atoms. The number of rotatable bonds is 2. The van der Waals surface area contributed by atoms with Crippen molar-refractivity contribution in [2.24, 2.45) is 5.73 Å². The van der Waals surface area contributed by atoms with Gasteiger partial charge in [0.2, 0.25) is 5.91 Å². The largest absolute Gasteiger partial charge is 0.465 e. The van der Waals surface area contributed by atoms with Crippen LogP contribution in [0.3, 0.4) is 0 Å². The molecule has 1 atom stereocenters. The number of amides is 1. The maximum atomic E-state index is 11.6. The molecular weight excluding hydrogens is 242 g/mol. The van der Waals surface area contributed by atoms with E-state index in [1.807, 2.05) is 6.07 Å². The molecule has 1 aliphatic heterocycles. The standard InChI is InChI=1S/C14H13N3O2/c1-8-11(6-15)13(10-4-3-5-17-7-10)12(14(16)18)9(2)19-8/h3-5,7,13H,1-2H3,(H2,16,18). The lowest BCUT2D eigenvalue weighted by molar-refractivity contribution is -0.115. The highest BCUT2D eigenvalue weighted by molar-refractivity contribution is 5.95. The van der Waals surface area contributed by atoms with Gasteiger partial charge in [0.25, 0.3) is 0 Å². The molecule has 0 aliphatic carbocycles. The Hall–Kier alpha value is -2.61. The first-order valence-electron chi connectivity index (χ1n) is 5.75. The molecule has 19 heavy (non-hydrogen) atoms. The molecule has 1 amide bonds. The van der Waals surface area contributed by atoms with Gasteiger partial charge in [-0.25, -0.2) is 0 Å². The van der Waals surface area contributed by atoms with Gasteiger partial charge in [-0.05, 0) is 25.5 Å². The number of nitrogens with zero attached hydrogens (tertiary/aromatic N) is 2. The van der Waals surface area contributed by atoms with Crippen molar-refractivity contribution in [2.45, 2.75) is 19.8 Å². The third-order valence-electron chi connectivity index (χ3n) is 3.05. The van der Waals surface area contributed by atoms with Crippen molar-refractivity contribution in [1.29, 1.82) is 5.26 Å². The zero-order chi connectivity index (χ0) is 14.0. The summed E-state index contributed by atoms with van der Waals surface area (Å²) in [5, 5.41) is 9.30. The Labute approximate surface area is 111 Å². The highest BCUT2D eigenvalue weighted by atomic mass is 16.5. The molecule has 0 saturated heterocycles. The minimum absolute atomic E-state index is 0.301. The number of hydrogen-bond donors (Lipinski definition) is 1. The highest BCUT2D eigenvalue weighted by Crippen LogP contribution is 2.39. The van der Waals surface area contributed by atoms with E-state index >= 15 is 0 Å². The molecule has 1 aliphatic rings. The third-order valence-corrected chi connectivity index (χ3v) is 3.05. The highest BCUT2D eigenvalue weighted by Gasteiger charge is 2.33. The van der Waals surface area contributed by atoms with Crippen LogP contribution in [0.15, 0.2) is 47.2 Å². The lowest BCUT2D eigenvalue weighted by Crippen LogP contribution is -2.26. The topological polar surface area (TPSA) is 89.0 Å². The van der Waals surface area contributed by atoms with Crippen LogP contribution in [0.1, 0.15) is 25.3 Å². The Kier molecular flexibility index (Phi) is 3.34. The summed E-state index contributed by atoms with van der Waals surface area (Å²) in [7, 11) is 0. The number of aromatic nitrogens is 1. The molecule has 0 aromatic carbocycles. The number of nitrogens with two attached hydrogens (primary N) is 1. The molecule has 1 unspecified atom stereocenters. The second kappa shape index (κ2) is 4.94. The molecule has 0 radical (unpaired) electrons.